The number of benzene rings is 1. The third-order valence-electron chi connectivity index (χ3n) is 2.53. The van der Waals surface area contributed by atoms with E-state index in [2.05, 4.69) is 27.4 Å². The first-order valence-electron chi connectivity index (χ1n) is 5.98. The van der Waals surface area contributed by atoms with Crippen LogP contribution in [-0.4, -0.2) is 27.8 Å². The summed E-state index contributed by atoms with van der Waals surface area (Å²) in [4.78, 5) is 12.0. The molecule has 2 rings (SSSR count). The fourth-order valence-electron chi connectivity index (χ4n) is 1.56. The van der Waals surface area contributed by atoms with Crippen LogP contribution in [0.4, 0.5) is 5.13 Å². The van der Waals surface area contributed by atoms with Crippen LogP contribution in [0.15, 0.2) is 23.7 Å². The molecule has 0 atom stereocenters. The predicted octanol–water partition coefficient (Wildman–Crippen LogP) is 1.83. The molecule has 0 aliphatic heterocycles. The second-order valence-electron chi connectivity index (χ2n) is 4.00. The molecule has 5 nitrogen and oxygen atoms in total. The number of aromatic nitrogens is 2. The summed E-state index contributed by atoms with van der Waals surface area (Å²) in [6, 6.07) is 5.29. The van der Waals surface area contributed by atoms with Gasteiger partial charge < -0.3 is 5.11 Å². The van der Waals surface area contributed by atoms with E-state index in [0.29, 0.717) is 17.1 Å². The summed E-state index contributed by atoms with van der Waals surface area (Å²) < 4.78 is 0. The minimum atomic E-state index is -0.222. The topological polar surface area (TPSA) is 75.1 Å². The highest BCUT2D eigenvalue weighted by atomic mass is 32.1. The van der Waals surface area contributed by atoms with Crippen LogP contribution in [0.25, 0.3) is 0 Å². The minimum absolute atomic E-state index is 0.0500. The standard InChI is InChI=1S/C14H13N3O2S/c1-10-8-12(6-5-11(10)4-2-3-7-18)13(19)16-14-17-15-9-20-14/h5-6,8-9,18H,3,7H2,1H3,(H,16,17,19). The first kappa shape index (κ1) is 14.2. The number of hydrogen-bond donors (Lipinski definition) is 2. The summed E-state index contributed by atoms with van der Waals surface area (Å²) in [6.45, 7) is 1.94. The highest BCUT2D eigenvalue weighted by molar-refractivity contribution is 7.13. The molecule has 1 aromatic heterocycles. The molecule has 0 bridgehead atoms. The molecule has 1 amide bonds. The molecule has 0 aliphatic carbocycles. The number of amides is 1. The third kappa shape index (κ3) is 3.63. The molecular formula is C14H13N3O2S. The smallest absolute Gasteiger partial charge is 0.257 e. The molecular weight excluding hydrogens is 274 g/mol. The van der Waals surface area contributed by atoms with E-state index in [4.69, 9.17) is 5.11 Å². The number of aliphatic hydroxyl groups is 1. The number of anilines is 1. The van der Waals surface area contributed by atoms with E-state index >= 15 is 0 Å². The molecule has 6 heteroatoms. The first-order valence-corrected chi connectivity index (χ1v) is 6.86. The highest BCUT2D eigenvalue weighted by Gasteiger charge is 2.09. The van der Waals surface area contributed by atoms with E-state index in [-0.39, 0.29) is 12.5 Å². The molecule has 0 spiro atoms. The zero-order chi connectivity index (χ0) is 14.4. The lowest BCUT2D eigenvalue weighted by Crippen LogP contribution is -2.12. The lowest BCUT2D eigenvalue weighted by Gasteiger charge is -2.04. The molecule has 102 valence electrons. The van der Waals surface area contributed by atoms with Crippen molar-refractivity contribution in [3.05, 3.63) is 40.4 Å². The van der Waals surface area contributed by atoms with Gasteiger partial charge in [0.05, 0.1) is 6.61 Å². The molecule has 2 N–H and O–H groups in total. The van der Waals surface area contributed by atoms with Gasteiger partial charge in [0.25, 0.3) is 5.91 Å². The van der Waals surface area contributed by atoms with Crippen molar-refractivity contribution in [1.82, 2.24) is 10.2 Å². The Kier molecular flexibility index (Phi) is 4.82. The van der Waals surface area contributed by atoms with Gasteiger partial charge in [0.2, 0.25) is 5.13 Å². The van der Waals surface area contributed by atoms with Crippen LogP contribution in [0, 0.1) is 18.8 Å². The number of nitrogens with one attached hydrogen (secondary N) is 1. The highest BCUT2D eigenvalue weighted by Crippen LogP contribution is 2.14. The predicted molar refractivity (Wildman–Crippen MR) is 77.6 cm³/mol. The van der Waals surface area contributed by atoms with Gasteiger partial charge in [-0.3, -0.25) is 10.1 Å². The number of hydrogen-bond acceptors (Lipinski definition) is 5. The zero-order valence-electron chi connectivity index (χ0n) is 10.9. The van der Waals surface area contributed by atoms with Gasteiger partial charge in [-0.2, -0.15) is 0 Å². The normalized spacial score (nSPS) is 9.70. The average Bonchev–Trinajstić information content (AvgIpc) is 2.93. The van der Waals surface area contributed by atoms with Crippen LogP contribution in [0.5, 0.6) is 0 Å². The van der Waals surface area contributed by atoms with Crippen molar-refractivity contribution in [2.75, 3.05) is 11.9 Å². The van der Waals surface area contributed by atoms with Gasteiger partial charge in [-0.05, 0) is 30.7 Å². The summed E-state index contributed by atoms with van der Waals surface area (Å²) in [5.74, 6) is 5.60. The van der Waals surface area contributed by atoms with Crippen molar-refractivity contribution in [1.29, 1.82) is 0 Å². The maximum absolute atomic E-state index is 12.0. The average molecular weight is 287 g/mol. The summed E-state index contributed by atoms with van der Waals surface area (Å²) in [5, 5.41) is 19.3. The lowest BCUT2D eigenvalue weighted by molar-refractivity contribution is 0.102. The molecule has 0 fully saturated rings. The second-order valence-corrected chi connectivity index (χ2v) is 4.84. The van der Waals surface area contributed by atoms with Crippen molar-refractivity contribution in [2.45, 2.75) is 13.3 Å². The van der Waals surface area contributed by atoms with E-state index in [1.807, 2.05) is 6.92 Å². The van der Waals surface area contributed by atoms with E-state index in [9.17, 15) is 4.79 Å². The summed E-state index contributed by atoms with van der Waals surface area (Å²) in [7, 11) is 0. The molecule has 20 heavy (non-hydrogen) atoms. The molecule has 0 radical (unpaired) electrons. The molecule has 0 saturated heterocycles. The van der Waals surface area contributed by atoms with Gasteiger partial charge >= 0.3 is 0 Å². The molecule has 0 aliphatic rings. The number of carbonyl (C=O) groups excluding carboxylic acids is 1. The van der Waals surface area contributed by atoms with Crippen LogP contribution in [0.2, 0.25) is 0 Å². The Morgan fingerprint density at radius 3 is 3.00 bits per heavy atom. The van der Waals surface area contributed by atoms with Gasteiger partial charge in [-0.1, -0.05) is 23.2 Å². The van der Waals surface area contributed by atoms with Gasteiger partial charge in [-0.15, -0.1) is 10.2 Å². The Morgan fingerprint density at radius 1 is 1.50 bits per heavy atom. The van der Waals surface area contributed by atoms with E-state index in [1.165, 1.54) is 11.3 Å². The fraction of sp³-hybridized carbons (Fsp3) is 0.214. The third-order valence-corrected chi connectivity index (χ3v) is 3.14. The van der Waals surface area contributed by atoms with Crippen molar-refractivity contribution in [3.63, 3.8) is 0 Å². The van der Waals surface area contributed by atoms with Crippen molar-refractivity contribution >= 4 is 22.4 Å². The van der Waals surface area contributed by atoms with Gasteiger partial charge in [0.15, 0.2) is 0 Å². The van der Waals surface area contributed by atoms with Gasteiger partial charge in [0.1, 0.15) is 5.51 Å². The number of carbonyl (C=O) groups is 1. The number of nitrogens with zero attached hydrogens (tertiary/aromatic N) is 2. The SMILES string of the molecule is Cc1cc(C(=O)Nc2nncs2)ccc1C#CCCO. The fourth-order valence-corrected chi connectivity index (χ4v) is 2.00. The van der Waals surface area contributed by atoms with Crippen LogP contribution in [0.3, 0.4) is 0 Å². The second kappa shape index (κ2) is 6.80. The van der Waals surface area contributed by atoms with Crippen molar-refractivity contribution in [2.24, 2.45) is 0 Å². The van der Waals surface area contributed by atoms with E-state index in [0.717, 1.165) is 11.1 Å². The molecule has 0 saturated carbocycles. The Morgan fingerprint density at radius 2 is 2.35 bits per heavy atom. The van der Waals surface area contributed by atoms with Crippen LogP contribution >= 0.6 is 11.3 Å². The van der Waals surface area contributed by atoms with E-state index in [1.54, 1.807) is 23.7 Å². The molecule has 0 unspecified atom stereocenters. The molecule has 1 heterocycles. The number of aryl methyl sites for hydroxylation is 1. The quantitative estimate of drug-likeness (QED) is 0.845. The Labute approximate surface area is 120 Å². The largest absolute Gasteiger partial charge is 0.395 e. The minimum Gasteiger partial charge on any atom is -0.395 e. The molecule has 2 aromatic rings. The van der Waals surface area contributed by atoms with Crippen molar-refractivity contribution in [3.8, 4) is 11.8 Å². The van der Waals surface area contributed by atoms with Crippen molar-refractivity contribution < 1.29 is 9.90 Å². The van der Waals surface area contributed by atoms with Crippen LogP contribution in [-0.2, 0) is 0 Å². The summed E-state index contributed by atoms with van der Waals surface area (Å²) in [5.41, 5.74) is 3.87. The number of aliphatic hydroxyl groups excluding tert-OH is 1. The monoisotopic (exact) mass is 287 g/mol. The zero-order valence-corrected chi connectivity index (χ0v) is 11.7. The summed E-state index contributed by atoms with van der Waals surface area (Å²) in [6.07, 6.45) is 0.443. The Hall–Kier alpha value is -2.23. The number of rotatable bonds is 3. The maximum atomic E-state index is 12.0. The Balaban J connectivity index is 2.12. The lowest BCUT2D eigenvalue weighted by atomic mass is 10.0. The summed E-state index contributed by atoms with van der Waals surface area (Å²) >= 11 is 1.27. The Bertz CT molecular complexity index is 657. The van der Waals surface area contributed by atoms with Crippen LogP contribution in [0.1, 0.15) is 27.9 Å². The van der Waals surface area contributed by atoms with E-state index < -0.39 is 0 Å². The first-order chi connectivity index (χ1) is 9.70. The molecule has 1 aromatic carbocycles. The maximum Gasteiger partial charge on any atom is 0.257 e. The van der Waals surface area contributed by atoms with Gasteiger partial charge in [0, 0.05) is 17.5 Å². The van der Waals surface area contributed by atoms with Crippen LogP contribution < -0.4 is 5.32 Å². The van der Waals surface area contributed by atoms with Gasteiger partial charge in [-0.25, -0.2) is 0 Å².